The van der Waals surface area contributed by atoms with E-state index in [9.17, 15) is 0 Å². The van der Waals surface area contributed by atoms with Gasteiger partial charge in [0.25, 0.3) is 0 Å². The average Bonchev–Trinajstić information content (AvgIpc) is 2.69. The molecular weight excluding hydrogens is 262 g/mol. The normalized spacial score (nSPS) is 11.9. The van der Waals surface area contributed by atoms with Crippen LogP contribution in [0.25, 0.3) is 0 Å². The van der Waals surface area contributed by atoms with Gasteiger partial charge in [0.1, 0.15) is 11.8 Å². The Labute approximate surface area is 117 Å². The van der Waals surface area contributed by atoms with Crippen LogP contribution in [0.2, 0.25) is 5.02 Å². The van der Waals surface area contributed by atoms with E-state index in [1.807, 2.05) is 20.8 Å². The molecule has 2 aromatic rings. The van der Waals surface area contributed by atoms with Crippen LogP contribution in [-0.4, -0.2) is 5.16 Å². The lowest BCUT2D eigenvalue weighted by atomic mass is 10.1. The van der Waals surface area contributed by atoms with Gasteiger partial charge >= 0.3 is 0 Å². The van der Waals surface area contributed by atoms with Crippen LogP contribution in [0.4, 0.5) is 5.69 Å². The number of hydrogen-bond donors (Lipinski definition) is 1. The Balaban J connectivity index is 2.32. The van der Waals surface area contributed by atoms with Crippen molar-refractivity contribution in [3.05, 3.63) is 45.8 Å². The number of benzene rings is 1. The Morgan fingerprint density at radius 2 is 2.16 bits per heavy atom. The molecule has 19 heavy (non-hydrogen) atoms. The molecule has 5 heteroatoms. The Bertz CT molecular complexity index is 623. The van der Waals surface area contributed by atoms with E-state index >= 15 is 0 Å². The van der Waals surface area contributed by atoms with Gasteiger partial charge in [-0.1, -0.05) is 16.8 Å². The molecule has 0 aliphatic heterocycles. The number of aryl methyl sites for hydroxylation is 2. The van der Waals surface area contributed by atoms with Crippen LogP contribution in [0, 0.1) is 25.2 Å². The maximum absolute atomic E-state index is 9.10. The number of nitrogens with zero attached hydrogens (tertiary/aromatic N) is 2. The SMILES string of the molecule is Cc1noc(C)c1C(C)Nc1cc(Cl)ccc1C#N. The second-order valence-electron chi connectivity index (χ2n) is 4.41. The summed E-state index contributed by atoms with van der Waals surface area (Å²) in [6, 6.07) is 7.27. The fraction of sp³-hybridized carbons (Fsp3) is 0.286. The summed E-state index contributed by atoms with van der Waals surface area (Å²) in [6.45, 7) is 5.76. The number of rotatable bonds is 3. The van der Waals surface area contributed by atoms with Crippen molar-refractivity contribution < 1.29 is 4.52 Å². The van der Waals surface area contributed by atoms with Gasteiger partial charge in [-0.05, 0) is 39.0 Å². The molecule has 1 atom stereocenters. The molecule has 0 spiro atoms. The summed E-state index contributed by atoms with van der Waals surface area (Å²) in [4.78, 5) is 0. The second kappa shape index (κ2) is 5.33. The van der Waals surface area contributed by atoms with Crippen molar-refractivity contribution in [2.45, 2.75) is 26.8 Å². The summed E-state index contributed by atoms with van der Waals surface area (Å²) in [6.07, 6.45) is 0. The van der Waals surface area contributed by atoms with Gasteiger partial charge < -0.3 is 9.84 Å². The largest absolute Gasteiger partial charge is 0.377 e. The molecule has 1 aromatic heterocycles. The van der Waals surface area contributed by atoms with Crippen molar-refractivity contribution in [3.8, 4) is 6.07 Å². The van der Waals surface area contributed by atoms with Gasteiger partial charge in [0.15, 0.2) is 0 Å². The lowest BCUT2D eigenvalue weighted by Crippen LogP contribution is -2.09. The van der Waals surface area contributed by atoms with Crippen LogP contribution in [0.1, 0.15) is 35.5 Å². The van der Waals surface area contributed by atoms with E-state index in [1.54, 1.807) is 18.2 Å². The molecule has 0 amide bonds. The molecule has 4 nitrogen and oxygen atoms in total. The zero-order valence-corrected chi connectivity index (χ0v) is 11.7. The van der Waals surface area contributed by atoms with E-state index in [1.165, 1.54) is 0 Å². The van der Waals surface area contributed by atoms with Crippen molar-refractivity contribution in [3.63, 3.8) is 0 Å². The van der Waals surface area contributed by atoms with Crippen LogP contribution >= 0.6 is 11.6 Å². The molecule has 1 N–H and O–H groups in total. The standard InChI is InChI=1S/C14H14ClN3O/c1-8(14-9(2)18-19-10(14)3)17-13-6-12(15)5-4-11(13)7-16/h4-6,8,17H,1-3H3. The highest BCUT2D eigenvalue weighted by atomic mass is 35.5. The van der Waals surface area contributed by atoms with Crippen LogP contribution < -0.4 is 5.32 Å². The van der Waals surface area contributed by atoms with Gasteiger partial charge in [0.2, 0.25) is 0 Å². The summed E-state index contributed by atoms with van der Waals surface area (Å²) in [5.74, 6) is 0.776. The molecule has 0 saturated carbocycles. The lowest BCUT2D eigenvalue weighted by molar-refractivity contribution is 0.392. The molecule has 0 radical (unpaired) electrons. The minimum absolute atomic E-state index is 0.0168. The first kappa shape index (κ1) is 13.4. The van der Waals surface area contributed by atoms with Gasteiger partial charge in [-0.15, -0.1) is 0 Å². The fourth-order valence-electron chi connectivity index (χ4n) is 2.15. The molecule has 1 aromatic carbocycles. The Morgan fingerprint density at radius 3 is 2.74 bits per heavy atom. The predicted molar refractivity (Wildman–Crippen MR) is 74.2 cm³/mol. The summed E-state index contributed by atoms with van der Waals surface area (Å²) >= 11 is 5.96. The third-order valence-electron chi connectivity index (χ3n) is 3.00. The van der Waals surface area contributed by atoms with Gasteiger partial charge in [-0.3, -0.25) is 0 Å². The van der Waals surface area contributed by atoms with Crippen LogP contribution in [0.5, 0.6) is 0 Å². The number of aromatic nitrogens is 1. The third-order valence-corrected chi connectivity index (χ3v) is 3.23. The minimum atomic E-state index is -0.0168. The van der Waals surface area contributed by atoms with Crippen LogP contribution in [0.3, 0.4) is 0 Å². The van der Waals surface area contributed by atoms with Crippen molar-refractivity contribution >= 4 is 17.3 Å². The third kappa shape index (κ3) is 2.72. The van der Waals surface area contributed by atoms with Crippen LogP contribution in [-0.2, 0) is 0 Å². The zero-order chi connectivity index (χ0) is 14.0. The monoisotopic (exact) mass is 275 g/mol. The maximum Gasteiger partial charge on any atom is 0.139 e. The summed E-state index contributed by atoms with van der Waals surface area (Å²) in [5.41, 5.74) is 3.12. The maximum atomic E-state index is 9.10. The summed E-state index contributed by atoms with van der Waals surface area (Å²) in [7, 11) is 0. The number of halogens is 1. The van der Waals surface area contributed by atoms with Gasteiger partial charge in [0.05, 0.1) is 23.0 Å². The highest BCUT2D eigenvalue weighted by Crippen LogP contribution is 2.28. The van der Waals surface area contributed by atoms with Crippen molar-refractivity contribution in [2.24, 2.45) is 0 Å². The van der Waals surface area contributed by atoms with E-state index < -0.39 is 0 Å². The minimum Gasteiger partial charge on any atom is -0.377 e. The summed E-state index contributed by atoms with van der Waals surface area (Å²) in [5, 5.41) is 16.9. The average molecular weight is 276 g/mol. The topological polar surface area (TPSA) is 61.9 Å². The quantitative estimate of drug-likeness (QED) is 0.920. The van der Waals surface area contributed by atoms with Gasteiger partial charge in [-0.25, -0.2) is 0 Å². The highest BCUT2D eigenvalue weighted by molar-refractivity contribution is 6.30. The predicted octanol–water partition coefficient (Wildman–Crippen LogP) is 3.99. The molecule has 0 bridgehead atoms. The molecule has 2 rings (SSSR count). The first-order valence-electron chi connectivity index (χ1n) is 5.92. The number of nitrogens with one attached hydrogen (secondary N) is 1. The Hall–Kier alpha value is -1.99. The molecule has 0 aliphatic rings. The smallest absolute Gasteiger partial charge is 0.139 e. The van der Waals surface area contributed by atoms with E-state index in [0.717, 1.165) is 17.0 Å². The number of hydrogen-bond acceptors (Lipinski definition) is 4. The van der Waals surface area contributed by atoms with E-state index in [-0.39, 0.29) is 6.04 Å². The summed E-state index contributed by atoms with van der Waals surface area (Å²) < 4.78 is 5.15. The molecule has 1 heterocycles. The van der Waals surface area contributed by atoms with E-state index in [0.29, 0.717) is 16.3 Å². The van der Waals surface area contributed by atoms with Gasteiger partial charge in [-0.2, -0.15) is 5.26 Å². The lowest BCUT2D eigenvalue weighted by Gasteiger charge is -2.16. The molecule has 0 fully saturated rings. The molecular formula is C14H14ClN3O. The first-order chi connectivity index (χ1) is 9.02. The van der Waals surface area contributed by atoms with Crippen molar-refractivity contribution in [2.75, 3.05) is 5.32 Å². The van der Waals surface area contributed by atoms with E-state index in [4.69, 9.17) is 21.4 Å². The molecule has 1 unspecified atom stereocenters. The number of anilines is 1. The first-order valence-corrected chi connectivity index (χ1v) is 6.29. The second-order valence-corrected chi connectivity index (χ2v) is 4.84. The molecule has 98 valence electrons. The number of nitriles is 1. The molecule has 0 saturated heterocycles. The van der Waals surface area contributed by atoms with Gasteiger partial charge in [0, 0.05) is 10.6 Å². The van der Waals surface area contributed by atoms with Crippen molar-refractivity contribution in [1.29, 1.82) is 5.26 Å². The van der Waals surface area contributed by atoms with Crippen LogP contribution in [0.15, 0.2) is 22.7 Å². The van der Waals surface area contributed by atoms with Crippen molar-refractivity contribution in [1.82, 2.24) is 5.16 Å². The van der Waals surface area contributed by atoms with E-state index in [2.05, 4.69) is 16.5 Å². The zero-order valence-electron chi connectivity index (χ0n) is 11.0. The fourth-order valence-corrected chi connectivity index (χ4v) is 2.32. The Morgan fingerprint density at radius 1 is 1.42 bits per heavy atom. The Kier molecular flexibility index (Phi) is 3.77. The highest BCUT2D eigenvalue weighted by Gasteiger charge is 2.17. The molecule has 0 aliphatic carbocycles.